The summed E-state index contributed by atoms with van der Waals surface area (Å²) in [4.78, 5) is 16.3. The highest BCUT2D eigenvalue weighted by Crippen LogP contribution is 2.39. The van der Waals surface area contributed by atoms with E-state index < -0.39 is 0 Å². The molecule has 1 aromatic heterocycles. The first-order chi connectivity index (χ1) is 17.2. The second kappa shape index (κ2) is 10.3. The molecule has 0 bridgehead atoms. The zero-order chi connectivity index (χ0) is 24.4. The second-order valence-electron chi connectivity index (χ2n) is 8.50. The molecule has 0 amide bonds. The van der Waals surface area contributed by atoms with Crippen molar-refractivity contribution in [3.05, 3.63) is 81.5 Å². The van der Waals surface area contributed by atoms with Gasteiger partial charge in [0.1, 0.15) is 0 Å². The number of fused-ring (bicyclic) bond motifs is 2. The summed E-state index contributed by atoms with van der Waals surface area (Å²) in [5.41, 5.74) is 4.13. The smallest absolute Gasteiger partial charge is 0.233 e. The molecule has 2 aliphatic heterocycles. The summed E-state index contributed by atoms with van der Waals surface area (Å²) in [5, 5.41) is 0. The lowest BCUT2D eigenvalue weighted by Crippen LogP contribution is -2.33. The minimum absolute atomic E-state index is 0.151. The van der Waals surface area contributed by atoms with E-state index in [1.807, 2.05) is 24.3 Å². The molecule has 0 saturated carbocycles. The fourth-order valence-corrected chi connectivity index (χ4v) is 5.52. The van der Waals surface area contributed by atoms with Gasteiger partial charge in [0, 0.05) is 11.1 Å². The van der Waals surface area contributed by atoms with Crippen molar-refractivity contribution < 1.29 is 9.47 Å². The van der Waals surface area contributed by atoms with Crippen molar-refractivity contribution in [3.8, 4) is 0 Å². The van der Waals surface area contributed by atoms with E-state index >= 15 is 0 Å². The van der Waals surface area contributed by atoms with E-state index in [9.17, 15) is 0 Å². The molecule has 2 unspecified atom stereocenters. The molecular formula is C28H32N4O2S. The fourth-order valence-electron chi connectivity index (χ4n) is 4.65. The molecule has 2 aromatic carbocycles. The van der Waals surface area contributed by atoms with Crippen LogP contribution in [0.1, 0.15) is 61.0 Å². The van der Waals surface area contributed by atoms with Crippen molar-refractivity contribution in [2.75, 3.05) is 26.2 Å². The van der Waals surface area contributed by atoms with Gasteiger partial charge in [0.25, 0.3) is 0 Å². The number of hydrogen-bond acceptors (Lipinski definition) is 7. The first kappa shape index (κ1) is 23.7. The Kier molecular flexibility index (Phi) is 7.00. The minimum atomic E-state index is -0.151. The molecule has 0 N–H and O–H groups in total. The lowest BCUT2D eigenvalue weighted by Gasteiger charge is -2.33. The Morgan fingerprint density at radius 3 is 1.43 bits per heavy atom. The molecule has 0 saturated heterocycles. The van der Waals surface area contributed by atoms with Gasteiger partial charge in [0.2, 0.25) is 11.8 Å². The van der Waals surface area contributed by atoms with Crippen LogP contribution in [-0.2, 0) is 9.47 Å². The Morgan fingerprint density at radius 1 is 0.629 bits per heavy atom. The maximum absolute atomic E-state index is 6.49. The summed E-state index contributed by atoms with van der Waals surface area (Å²) >= 11 is 1.60. The standard InChI is InChI=1S/C28H32N4O2S/c1-5-31(6-2)27-19-13-9-11-15-21(19)29-25(33-27)23-17-18-24(35-23)26-30-22-16-12-10-14-20(22)28(34-26)32(7-3)8-4/h9-18,27-28H,5-8H2,1-4H3. The Hall–Kier alpha value is -3.00. The SMILES string of the molecule is CCN(CC)C1OC(c2ccc(C3=Nc4ccccc4C(N(CC)CC)O3)s2)=Nc2ccccc21. The van der Waals surface area contributed by atoms with E-state index in [1.54, 1.807) is 11.3 Å². The first-order valence-corrected chi connectivity index (χ1v) is 13.3. The van der Waals surface area contributed by atoms with Gasteiger partial charge < -0.3 is 9.47 Å². The van der Waals surface area contributed by atoms with Crippen LogP contribution in [0.15, 0.2) is 70.6 Å². The van der Waals surface area contributed by atoms with Crippen LogP contribution in [0.3, 0.4) is 0 Å². The molecular weight excluding hydrogens is 456 g/mol. The normalized spacial score (nSPS) is 18.9. The quantitative estimate of drug-likeness (QED) is 0.356. The predicted octanol–water partition coefficient (Wildman–Crippen LogP) is 6.65. The number of ether oxygens (including phenoxy) is 2. The third-order valence-corrected chi connectivity index (χ3v) is 7.67. The highest BCUT2D eigenvalue weighted by molar-refractivity contribution is 7.16. The fraction of sp³-hybridized carbons (Fsp3) is 0.357. The summed E-state index contributed by atoms with van der Waals surface area (Å²) in [6.07, 6.45) is -0.303. The summed E-state index contributed by atoms with van der Waals surface area (Å²) in [5.74, 6) is 1.29. The third kappa shape index (κ3) is 4.51. The maximum Gasteiger partial charge on any atom is 0.233 e. The molecule has 3 heterocycles. The highest BCUT2D eigenvalue weighted by Gasteiger charge is 2.31. The molecule has 0 spiro atoms. The first-order valence-electron chi connectivity index (χ1n) is 12.4. The van der Waals surface area contributed by atoms with Crippen LogP contribution in [0.4, 0.5) is 11.4 Å². The van der Waals surface area contributed by atoms with Crippen LogP contribution in [0.2, 0.25) is 0 Å². The molecule has 0 fully saturated rings. The van der Waals surface area contributed by atoms with Crippen molar-refractivity contribution in [1.82, 2.24) is 9.80 Å². The number of benzene rings is 2. The van der Waals surface area contributed by atoms with Gasteiger partial charge >= 0.3 is 0 Å². The molecule has 5 rings (SSSR count). The maximum atomic E-state index is 6.49. The van der Waals surface area contributed by atoms with Gasteiger partial charge in [0.15, 0.2) is 12.5 Å². The van der Waals surface area contributed by atoms with E-state index in [0.717, 1.165) is 58.4 Å². The topological polar surface area (TPSA) is 49.7 Å². The Morgan fingerprint density at radius 2 is 1.03 bits per heavy atom. The van der Waals surface area contributed by atoms with Gasteiger partial charge in [-0.05, 0) is 50.4 Å². The number of thiophene rings is 1. The minimum Gasteiger partial charge on any atom is -0.453 e. The Balaban J connectivity index is 1.49. The lowest BCUT2D eigenvalue weighted by atomic mass is 10.1. The zero-order valence-electron chi connectivity index (χ0n) is 20.8. The van der Waals surface area contributed by atoms with E-state index in [0.29, 0.717) is 11.8 Å². The van der Waals surface area contributed by atoms with Crippen LogP contribution < -0.4 is 0 Å². The Labute approximate surface area is 211 Å². The second-order valence-corrected chi connectivity index (χ2v) is 9.58. The van der Waals surface area contributed by atoms with Crippen molar-refractivity contribution >= 4 is 34.5 Å². The molecule has 0 aliphatic carbocycles. The van der Waals surface area contributed by atoms with Crippen LogP contribution in [0, 0.1) is 0 Å². The summed E-state index contributed by atoms with van der Waals surface area (Å²) < 4.78 is 13.0. The summed E-state index contributed by atoms with van der Waals surface area (Å²) in [6, 6.07) is 20.6. The largest absolute Gasteiger partial charge is 0.453 e. The van der Waals surface area contributed by atoms with E-state index in [-0.39, 0.29) is 12.5 Å². The van der Waals surface area contributed by atoms with Gasteiger partial charge in [0.05, 0.1) is 21.1 Å². The van der Waals surface area contributed by atoms with Gasteiger partial charge in [-0.15, -0.1) is 11.3 Å². The van der Waals surface area contributed by atoms with Crippen LogP contribution in [0.5, 0.6) is 0 Å². The number of aliphatic imine (C=N–C) groups is 2. The Bertz CT molecular complexity index is 1150. The molecule has 3 aromatic rings. The van der Waals surface area contributed by atoms with Gasteiger partial charge in [-0.1, -0.05) is 64.1 Å². The highest BCUT2D eigenvalue weighted by atomic mass is 32.1. The summed E-state index contributed by atoms with van der Waals surface area (Å²) in [7, 11) is 0. The number of nitrogens with zero attached hydrogens (tertiary/aromatic N) is 4. The van der Waals surface area contributed by atoms with Crippen LogP contribution in [0.25, 0.3) is 0 Å². The van der Waals surface area contributed by atoms with Gasteiger partial charge in [-0.25, -0.2) is 9.98 Å². The molecule has 35 heavy (non-hydrogen) atoms. The zero-order valence-corrected chi connectivity index (χ0v) is 21.6. The monoisotopic (exact) mass is 488 g/mol. The molecule has 2 aliphatic rings. The summed E-state index contributed by atoms with van der Waals surface area (Å²) in [6.45, 7) is 12.2. The van der Waals surface area contributed by atoms with Gasteiger partial charge in [-0.3, -0.25) is 9.80 Å². The van der Waals surface area contributed by atoms with Crippen molar-refractivity contribution in [2.45, 2.75) is 40.2 Å². The molecule has 2 atom stereocenters. The van der Waals surface area contributed by atoms with Crippen LogP contribution in [-0.4, -0.2) is 47.8 Å². The molecule has 0 radical (unpaired) electrons. The predicted molar refractivity (Wildman–Crippen MR) is 143 cm³/mol. The molecule has 182 valence electrons. The number of hydrogen-bond donors (Lipinski definition) is 0. The van der Waals surface area contributed by atoms with Crippen molar-refractivity contribution in [1.29, 1.82) is 0 Å². The number of rotatable bonds is 8. The van der Waals surface area contributed by atoms with Gasteiger partial charge in [-0.2, -0.15) is 0 Å². The van der Waals surface area contributed by atoms with E-state index in [1.165, 1.54) is 0 Å². The van der Waals surface area contributed by atoms with Crippen LogP contribution >= 0.6 is 11.3 Å². The average Bonchev–Trinajstić information content (AvgIpc) is 3.40. The average molecular weight is 489 g/mol. The van der Waals surface area contributed by atoms with E-state index in [4.69, 9.17) is 19.5 Å². The molecule has 7 heteroatoms. The third-order valence-electron chi connectivity index (χ3n) is 6.61. The number of para-hydroxylation sites is 2. The van der Waals surface area contributed by atoms with Crippen molar-refractivity contribution in [2.24, 2.45) is 9.98 Å². The molecule has 6 nitrogen and oxygen atoms in total. The lowest BCUT2D eigenvalue weighted by molar-refractivity contribution is 0.0193. The van der Waals surface area contributed by atoms with E-state index in [2.05, 4.69) is 73.9 Å². The van der Waals surface area contributed by atoms with Crippen molar-refractivity contribution in [3.63, 3.8) is 0 Å².